The average molecular weight is 520 g/mol. The van der Waals surface area contributed by atoms with Crippen LogP contribution in [0.1, 0.15) is 28.3 Å². The molecule has 0 fully saturated rings. The first kappa shape index (κ1) is 24.0. The van der Waals surface area contributed by atoms with Crippen LogP contribution in [0.15, 0.2) is 145 Å². The van der Waals surface area contributed by atoms with Gasteiger partial charge in [-0.2, -0.15) is 5.10 Å². The Bertz CT molecular complexity index is 1780. The Hall–Kier alpha value is -5.03. The lowest BCUT2D eigenvalue weighted by Gasteiger charge is -2.40. The highest BCUT2D eigenvalue weighted by atomic mass is 15.6. The molecule has 2 atom stereocenters. The molecular formula is C35H29N5. The van der Waals surface area contributed by atoms with Crippen LogP contribution in [-0.2, 0) is 12.0 Å². The van der Waals surface area contributed by atoms with Crippen molar-refractivity contribution < 1.29 is 0 Å². The third kappa shape index (κ3) is 3.98. The zero-order valence-electron chi connectivity index (χ0n) is 22.3. The molecule has 0 bridgehead atoms. The molecule has 5 heteroatoms. The van der Waals surface area contributed by atoms with E-state index in [-0.39, 0.29) is 6.04 Å². The SMILES string of the molecule is Cc1ccc([C@H]2N(c3ccccc3)N=C(c3ccccc3)[C@@]2(Cc2ccccc2)n2nnc3ccccc32)cc1. The number of aromatic nitrogens is 3. The first-order chi connectivity index (χ1) is 19.7. The zero-order chi connectivity index (χ0) is 26.9. The quantitative estimate of drug-likeness (QED) is 0.231. The van der Waals surface area contributed by atoms with E-state index in [0.717, 1.165) is 28.0 Å². The van der Waals surface area contributed by atoms with Gasteiger partial charge in [0.05, 0.1) is 16.9 Å². The molecule has 0 saturated carbocycles. The molecule has 1 aromatic heterocycles. The van der Waals surface area contributed by atoms with Crippen molar-refractivity contribution >= 4 is 22.4 Å². The van der Waals surface area contributed by atoms with Gasteiger partial charge in [0, 0.05) is 12.0 Å². The van der Waals surface area contributed by atoms with Gasteiger partial charge in [0.1, 0.15) is 17.1 Å². The second-order valence-electron chi connectivity index (χ2n) is 10.4. The molecule has 40 heavy (non-hydrogen) atoms. The third-order valence-electron chi connectivity index (χ3n) is 7.82. The Balaban J connectivity index is 1.59. The molecule has 5 nitrogen and oxygen atoms in total. The van der Waals surface area contributed by atoms with Crippen LogP contribution in [-0.4, -0.2) is 20.7 Å². The fourth-order valence-electron chi connectivity index (χ4n) is 5.98. The Morgan fingerprint density at radius 1 is 0.675 bits per heavy atom. The molecule has 0 amide bonds. The van der Waals surface area contributed by atoms with E-state index < -0.39 is 5.54 Å². The van der Waals surface area contributed by atoms with Crippen molar-refractivity contribution in [3.05, 3.63) is 162 Å². The van der Waals surface area contributed by atoms with Gasteiger partial charge in [-0.15, -0.1) is 5.10 Å². The van der Waals surface area contributed by atoms with Crippen molar-refractivity contribution in [3.8, 4) is 0 Å². The van der Waals surface area contributed by atoms with Gasteiger partial charge in [-0.25, -0.2) is 4.68 Å². The minimum atomic E-state index is -0.718. The van der Waals surface area contributed by atoms with Gasteiger partial charge in [0.25, 0.3) is 0 Å². The van der Waals surface area contributed by atoms with Crippen LogP contribution >= 0.6 is 0 Å². The van der Waals surface area contributed by atoms with Crippen molar-refractivity contribution in [3.63, 3.8) is 0 Å². The van der Waals surface area contributed by atoms with Gasteiger partial charge in [-0.05, 0) is 42.3 Å². The summed E-state index contributed by atoms with van der Waals surface area (Å²) in [4.78, 5) is 0. The molecule has 1 aliphatic heterocycles. The highest BCUT2D eigenvalue weighted by Crippen LogP contribution is 2.50. The fraction of sp³-hybridized carbons (Fsp3) is 0.114. The lowest BCUT2D eigenvalue weighted by Crippen LogP contribution is -2.49. The van der Waals surface area contributed by atoms with Crippen LogP contribution in [0.3, 0.4) is 0 Å². The number of rotatable bonds is 6. The summed E-state index contributed by atoms with van der Waals surface area (Å²) in [7, 11) is 0. The van der Waals surface area contributed by atoms with Crippen LogP contribution in [0.2, 0.25) is 0 Å². The van der Waals surface area contributed by atoms with Crippen molar-refractivity contribution in [2.75, 3.05) is 5.01 Å². The van der Waals surface area contributed by atoms with Gasteiger partial charge >= 0.3 is 0 Å². The molecule has 0 spiro atoms. The minimum Gasteiger partial charge on any atom is -0.255 e. The molecule has 1 aliphatic rings. The van der Waals surface area contributed by atoms with Crippen molar-refractivity contribution in [2.24, 2.45) is 5.10 Å². The number of hydrogen-bond acceptors (Lipinski definition) is 4. The van der Waals surface area contributed by atoms with E-state index >= 15 is 0 Å². The number of hydrogen-bond donors (Lipinski definition) is 0. The molecule has 0 radical (unpaired) electrons. The van der Waals surface area contributed by atoms with Gasteiger partial charge in [0.15, 0.2) is 0 Å². The standard InChI is InChI=1S/C35H29N5/c1-26-21-23-29(24-22-26)34-35(25-27-13-5-2-6-14-27,40-32-20-12-11-19-31(32)36-38-40)33(28-15-7-3-8-16-28)37-39(34)30-17-9-4-10-18-30/h2-24,34H,25H2,1H3/t34-,35-/m1/s1. The molecule has 2 heterocycles. The van der Waals surface area contributed by atoms with E-state index in [9.17, 15) is 0 Å². The summed E-state index contributed by atoms with van der Waals surface area (Å²) < 4.78 is 2.13. The third-order valence-corrected chi connectivity index (χ3v) is 7.82. The Kier molecular flexibility index (Phi) is 5.97. The maximum absolute atomic E-state index is 5.48. The summed E-state index contributed by atoms with van der Waals surface area (Å²) in [6, 6.07) is 48.5. The second-order valence-corrected chi connectivity index (χ2v) is 10.4. The van der Waals surface area contributed by atoms with Crippen LogP contribution in [0.25, 0.3) is 11.0 Å². The molecule has 0 saturated heterocycles. The molecule has 194 valence electrons. The summed E-state index contributed by atoms with van der Waals surface area (Å²) >= 11 is 0. The Morgan fingerprint density at radius 2 is 1.30 bits per heavy atom. The number of anilines is 1. The molecular weight excluding hydrogens is 490 g/mol. The van der Waals surface area contributed by atoms with Gasteiger partial charge in [0.2, 0.25) is 0 Å². The van der Waals surface area contributed by atoms with Crippen LogP contribution in [0.5, 0.6) is 0 Å². The summed E-state index contributed by atoms with van der Waals surface area (Å²) in [5, 5.41) is 17.2. The van der Waals surface area contributed by atoms with E-state index in [0.29, 0.717) is 6.42 Å². The minimum absolute atomic E-state index is 0.198. The summed E-state index contributed by atoms with van der Waals surface area (Å²) in [5.74, 6) is 0. The molecule has 0 unspecified atom stereocenters. The normalized spacial score (nSPS) is 18.7. The number of nitrogens with zero attached hydrogens (tertiary/aromatic N) is 5. The summed E-state index contributed by atoms with van der Waals surface area (Å²) in [6.45, 7) is 2.13. The van der Waals surface area contributed by atoms with Gasteiger partial charge in [-0.3, -0.25) is 5.01 Å². The number of aryl methyl sites for hydroxylation is 1. The zero-order valence-corrected chi connectivity index (χ0v) is 22.3. The van der Waals surface area contributed by atoms with Crippen molar-refractivity contribution in [2.45, 2.75) is 24.9 Å². The summed E-state index contributed by atoms with van der Waals surface area (Å²) in [6.07, 6.45) is 0.677. The van der Waals surface area contributed by atoms with E-state index in [1.54, 1.807) is 0 Å². The predicted octanol–water partition coefficient (Wildman–Crippen LogP) is 7.34. The average Bonchev–Trinajstić information content (AvgIpc) is 3.59. The van der Waals surface area contributed by atoms with Gasteiger partial charge in [-0.1, -0.05) is 126 Å². The number of para-hydroxylation sites is 2. The van der Waals surface area contributed by atoms with E-state index in [1.807, 2.05) is 18.2 Å². The smallest absolute Gasteiger partial charge is 0.140 e. The van der Waals surface area contributed by atoms with Crippen LogP contribution in [0.4, 0.5) is 5.69 Å². The Morgan fingerprint density at radius 3 is 2.02 bits per heavy atom. The van der Waals surface area contributed by atoms with Crippen LogP contribution < -0.4 is 5.01 Å². The molecule has 0 N–H and O–H groups in total. The Labute approximate surface area is 234 Å². The molecule has 6 aromatic rings. The first-order valence-electron chi connectivity index (χ1n) is 13.6. The second kappa shape index (κ2) is 9.93. The van der Waals surface area contributed by atoms with E-state index in [2.05, 4.69) is 143 Å². The maximum atomic E-state index is 5.48. The number of fused-ring (bicyclic) bond motifs is 1. The van der Waals surface area contributed by atoms with Crippen LogP contribution in [0, 0.1) is 6.92 Å². The number of benzene rings is 5. The van der Waals surface area contributed by atoms with Gasteiger partial charge < -0.3 is 0 Å². The molecule has 0 aliphatic carbocycles. The summed E-state index contributed by atoms with van der Waals surface area (Å²) in [5.41, 5.74) is 7.77. The molecule has 5 aromatic carbocycles. The largest absolute Gasteiger partial charge is 0.255 e. The van der Waals surface area contributed by atoms with E-state index in [1.165, 1.54) is 16.7 Å². The van der Waals surface area contributed by atoms with E-state index in [4.69, 9.17) is 10.3 Å². The molecule has 7 rings (SSSR count). The topological polar surface area (TPSA) is 46.3 Å². The lowest BCUT2D eigenvalue weighted by molar-refractivity contribution is 0.311. The highest BCUT2D eigenvalue weighted by Gasteiger charge is 2.55. The monoisotopic (exact) mass is 519 g/mol. The maximum Gasteiger partial charge on any atom is 0.140 e. The first-order valence-corrected chi connectivity index (χ1v) is 13.6. The predicted molar refractivity (Wildman–Crippen MR) is 161 cm³/mol. The highest BCUT2D eigenvalue weighted by molar-refractivity contribution is 6.09. The van der Waals surface area contributed by atoms with Crippen molar-refractivity contribution in [1.29, 1.82) is 0 Å². The lowest BCUT2D eigenvalue weighted by atomic mass is 9.75. The fourth-order valence-corrected chi connectivity index (χ4v) is 5.98. The number of hydrazone groups is 1. The van der Waals surface area contributed by atoms with Crippen molar-refractivity contribution in [1.82, 2.24) is 15.0 Å².